The first-order chi connectivity index (χ1) is 14.8. The number of carbonyl (C=O) groups is 1. The highest BCUT2D eigenvalue weighted by Crippen LogP contribution is 2.30. The number of H-pyrrole nitrogens is 1. The fraction of sp³-hybridized carbons (Fsp3) is 0.227. The number of sulfonamides is 1. The molecule has 2 heterocycles. The van der Waals surface area contributed by atoms with Gasteiger partial charge >= 0.3 is 0 Å². The number of aromatic amines is 1. The molecular formula is C22H22FN3O4S. The van der Waals surface area contributed by atoms with E-state index in [2.05, 4.69) is 4.98 Å². The summed E-state index contributed by atoms with van der Waals surface area (Å²) in [5, 5.41) is 0.938. The van der Waals surface area contributed by atoms with Gasteiger partial charge in [0.1, 0.15) is 5.82 Å². The molecule has 0 fully saturated rings. The molecule has 1 aromatic heterocycles. The smallest absolute Gasteiger partial charge is 0.264 e. The van der Waals surface area contributed by atoms with Crippen molar-refractivity contribution in [1.29, 1.82) is 0 Å². The molecule has 1 amide bonds. The quantitative estimate of drug-likeness (QED) is 0.613. The van der Waals surface area contributed by atoms with Crippen LogP contribution in [0.25, 0.3) is 16.5 Å². The van der Waals surface area contributed by atoms with Crippen molar-refractivity contribution in [2.45, 2.75) is 11.3 Å². The zero-order valence-corrected chi connectivity index (χ0v) is 17.9. The predicted octanol–water partition coefficient (Wildman–Crippen LogP) is 3.42. The summed E-state index contributed by atoms with van der Waals surface area (Å²) in [5.74, 6) is -0.537. The monoisotopic (exact) mass is 443 g/mol. The van der Waals surface area contributed by atoms with Crippen LogP contribution >= 0.6 is 0 Å². The zero-order valence-electron chi connectivity index (χ0n) is 17.1. The van der Waals surface area contributed by atoms with Crippen molar-refractivity contribution < 1.29 is 22.4 Å². The lowest BCUT2D eigenvalue weighted by atomic mass is 9.98. The zero-order chi connectivity index (χ0) is 22.2. The predicted molar refractivity (Wildman–Crippen MR) is 115 cm³/mol. The van der Waals surface area contributed by atoms with E-state index in [9.17, 15) is 17.6 Å². The fourth-order valence-electron chi connectivity index (χ4n) is 3.68. The lowest BCUT2D eigenvalue weighted by molar-refractivity contribution is -0.0258. The normalized spacial score (nSPS) is 14.8. The van der Waals surface area contributed by atoms with Crippen LogP contribution in [0.4, 0.5) is 4.39 Å². The Hall–Kier alpha value is -3.01. The molecule has 4 rings (SSSR count). The van der Waals surface area contributed by atoms with E-state index in [1.807, 2.05) is 12.3 Å². The van der Waals surface area contributed by atoms with Gasteiger partial charge < -0.3 is 9.88 Å². The molecule has 0 bridgehead atoms. The van der Waals surface area contributed by atoms with Gasteiger partial charge in [-0.1, -0.05) is 16.6 Å². The first-order valence-corrected chi connectivity index (χ1v) is 11.1. The minimum absolute atomic E-state index is 0.0121. The first-order valence-electron chi connectivity index (χ1n) is 9.69. The summed E-state index contributed by atoms with van der Waals surface area (Å²) in [6, 6.07) is 10.6. The van der Waals surface area contributed by atoms with Crippen molar-refractivity contribution >= 4 is 32.4 Å². The number of aromatic nitrogens is 1. The van der Waals surface area contributed by atoms with Gasteiger partial charge in [0.05, 0.1) is 12.0 Å². The first kappa shape index (κ1) is 21.2. The van der Waals surface area contributed by atoms with Crippen molar-refractivity contribution in [2.24, 2.45) is 0 Å². The van der Waals surface area contributed by atoms with Crippen LogP contribution in [0, 0.1) is 5.82 Å². The summed E-state index contributed by atoms with van der Waals surface area (Å²) >= 11 is 0. The lowest BCUT2D eigenvalue weighted by Gasteiger charge is -2.27. The molecule has 7 nitrogen and oxygen atoms in total. The van der Waals surface area contributed by atoms with Crippen LogP contribution in [0.15, 0.2) is 59.6 Å². The molecule has 0 atom stereocenters. The van der Waals surface area contributed by atoms with Gasteiger partial charge in [0, 0.05) is 48.4 Å². The van der Waals surface area contributed by atoms with E-state index in [-0.39, 0.29) is 16.6 Å². The highest BCUT2D eigenvalue weighted by molar-refractivity contribution is 7.89. The van der Waals surface area contributed by atoms with Crippen LogP contribution in [-0.4, -0.2) is 55.9 Å². The fourth-order valence-corrected chi connectivity index (χ4v) is 4.70. The van der Waals surface area contributed by atoms with E-state index >= 15 is 0 Å². The molecule has 2 aromatic carbocycles. The van der Waals surface area contributed by atoms with Crippen molar-refractivity contribution in [1.82, 2.24) is 14.4 Å². The highest BCUT2D eigenvalue weighted by Gasteiger charge is 2.24. The van der Waals surface area contributed by atoms with Gasteiger partial charge in [-0.3, -0.25) is 9.63 Å². The summed E-state index contributed by atoms with van der Waals surface area (Å²) in [5.41, 5.74) is 3.11. The molecule has 0 saturated carbocycles. The SMILES string of the molecule is CON(C)S(=O)(=O)c1cccc(C(=O)N2CC=C(c3c[nH]c4cc(F)ccc34)CC2)c1. The molecule has 1 aliphatic rings. The molecule has 31 heavy (non-hydrogen) atoms. The summed E-state index contributed by atoms with van der Waals surface area (Å²) in [6.45, 7) is 0.893. The van der Waals surface area contributed by atoms with E-state index in [0.29, 0.717) is 25.1 Å². The maximum atomic E-state index is 13.4. The number of nitrogens with zero attached hydrogens (tertiary/aromatic N) is 2. The number of benzene rings is 2. The molecule has 0 unspecified atom stereocenters. The Morgan fingerprint density at radius 2 is 2.03 bits per heavy atom. The molecule has 162 valence electrons. The molecule has 0 radical (unpaired) electrons. The van der Waals surface area contributed by atoms with E-state index in [1.54, 1.807) is 23.1 Å². The summed E-state index contributed by atoms with van der Waals surface area (Å²) < 4.78 is 39.1. The van der Waals surface area contributed by atoms with Gasteiger partial charge in [0.25, 0.3) is 15.9 Å². The van der Waals surface area contributed by atoms with Crippen LogP contribution in [0.3, 0.4) is 0 Å². The third kappa shape index (κ3) is 3.99. The number of hydroxylamine groups is 1. The molecule has 0 aliphatic carbocycles. The molecule has 1 N–H and O–H groups in total. The van der Waals surface area contributed by atoms with Crippen molar-refractivity contribution in [2.75, 3.05) is 27.2 Å². The minimum Gasteiger partial charge on any atom is -0.360 e. The number of fused-ring (bicyclic) bond motifs is 1. The number of rotatable bonds is 5. The highest BCUT2D eigenvalue weighted by atomic mass is 32.2. The van der Waals surface area contributed by atoms with E-state index in [4.69, 9.17) is 4.84 Å². The molecule has 0 spiro atoms. The Balaban J connectivity index is 1.54. The Kier molecular flexibility index (Phi) is 5.65. The van der Waals surface area contributed by atoms with Crippen LogP contribution in [-0.2, 0) is 14.9 Å². The van der Waals surface area contributed by atoms with Crippen LogP contribution < -0.4 is 0 Å². The van der Waals surface area contributed by atoms with Crippen molar-refractivity contribution in [3.8, 4) is 0 Å². The maximum absolute atomic E-state index is 13.4. The molecule has 3 aromatic rings. The Morgan fingerprint density at radius 1 is 1.23 bits per heavy atom. The van der Waals surface area contributed by atoms with Crippen LogP contribution in [0.5, 0.6) is 0 Å². The van der Waals surface area contributed by atoms with Gasteiger partial charge in [0.15, 0.2) is 0 Å². The minimum atomic E-state index is -3.84. The second-order valence-corrected chi connectivity index (χ2v) is 9.18. The number of hydrogen-bond acceptors (Lipinski definition) is 4. The molecule has 1 aliphatic heterocycles. The van der Waals surface area contributed by atoms with E-state index in [0.717, 1.165) is 26.5 Å². The van der Waals surface area contributed by atoms with Crippen molar-refractivity contribution in [3.05, 3.63) is 71.7 Å². The van der Waals surface area contributed by atoms with Gasteiger partial charge in [-0.25, -0.2) is 12.8 Å². The topological polar surface area (TPSA) is 82.7 Å². The Labute approximate surface area is 179 Å². The average Bonchev–Trinajstić information content (AvgIpc) is 3.21. The number of carbonyl (C=O) groups excluding carboxylic acids is 1. The van der Waals surface area contributed by atoms with Gasteiger partial charge in [0.2, 0.25) is 0 Å². The second kappa shape index (κ2) is 8.26. The molecule has 0 saturated heterocycles. The standard InChI is InChI=1S/C22H22FN3O4S/c1-25(30-2)31(28,29)18-5-3-4-16(12-18)22(27)26-10-8-15(9-11-26)20-14-24-21-13-17(23)6-7-19(20)21/h3-8,12-14,24H,9-11H2,1-2H3. The molecule has 9 heteroatoms. The maximum Gasteiger partial charge on any atom is 0.264 e. The Bertz CT molecular complexity index is 1280. The van der Waals surface area contributed by atoms with Crippen LogP contribution in [0.2, 0.25) is 0 Å². The summed E-state index contributed by atoms with van der Waals surface area (Å²) in [6.07, 6.45) is 4.47. The summed E-state index contributed by atoms with van der Waals surface area (Å²) in [4.78, 5) is 22.5. The van der Waals surface area contributed by atoms with Crippen LogP contribution in [0.1, 0.15) is 22.3 Å². The van der Waals surface area contributed by atoms with Crippen molar-refractivity contribution in [3.63, 3.8) is 0 Å². The third-order valence-electron chi connectivity index (χ3n) is 5.46. The largest absolute Gasteiger partial charge is 0.360 e. The van der Waals surface area contributed by atoms with Gasteiger partial charge in [-0.2, -0.15) is 0 Å². The van der Waals surface area contributed by atoms with Gasteiger partial charge in [-0.15, -0.1) is 0 Å². The van der Waals surface area contributed by atoms with Gasteiger partial charge in [-0.05, 0) is 48.4 Å². The van der Waals surface area contributed by atoms with E-state index in [1.165, 1.54) is 38.4 Å². The third-order valence-corrected chi connectivity index (χ3v) is 7.14. The number of hydrogen-bond donors (Lipinski definition) is 1. The summed E-state index contributed by atoms with van der Waals surface area (Å²) in [7, 11) is -1.29. The second-order valence-electron chi connectivity index (χ2n) is 7.25. The number of halogens is 1. The molecular weight excluding hydrogens is 421 g/mol. The Morgan fingerprint density at radius 3 is 2.74 bits per heavy atom. The average molecular weight is 444 g/mol. The number of nitrogens with one attached hydrogen (secondary N) is 1. The number of amides is 1. The van der Waals surface area contributed by atoms with E-state index < -0.39 is 10.0 Å². The lowest BCUT2D eigenvalue weighted by Crippen LogP contribution is -2.34.